The van der Waals surface area contributed by atoms with Crippen LogP contribution in [0.25, 0.3) is 34.3 Å². The second-order valence-corrected chi connectivity index (χ2v) is 11.5. The number of carbonyl (C=O) groups is 1. The highest BCUT2D eigenvalue weighted by Gasteiger charge is 2.35. The third-order valence-electron chi connectivity index (χ3n) is 7.54. The van der Waals surface area contributed by atoms with Crippen LogP contribution in [0.3, 0.4) is 0 Å². The molecule has 7 heteroatoms. The number of aromatic nitrogens is 2. The maximum Gasteiger partial charge on any atom is 0.339 e. The van der Waals surface area contributed by atoms with Crippen LogP contribution in [0, 0.1) is 19.7 Å². The first-order chi connectivity index (χ1) is 19.5. The zero-order chi connectivity index (χ0) is 29.5. The summed E-state index contributed by atoms with van der Waals surface area (Å²) in [6.45, 7) is 10.0. The molecular formula is C34H37FN2O4. The Morgan fingerprint density at radius 3 is 2.56 bits per heavy atom. The average Bonchev–Trinajstić information content (AvgIpc) is 3.26. The molecule has 41 heavy (non-hydrogen) atoms. The third kappa shape index (κ3) is 5.51. The van der Waals surface area contributed by atoms with E-state index < -0.39 is 23.5 Å². The fourth-order valence-electron chi connectivity index (χ4n) is 5.60. The lowest BCUT2D eigenvalue weighted by Crippen LogP contribution is -2.29. The molecule has 1 atom stereocenters. The number of esters is 1. The quantitative estimate of drug-likeness (QED) is 0.230. The van der Waals surface area contributed by atoms with Crippen molar-refractivity contribution in [2.45, 2.75) is 59.2 Å². The number of rotatable bonds is 6. The lowest BCUT2D eigenvalue weighted by atomic mass is 9.86. The molecule has 5 rings (SSSR count). The molecule has 6 nitrogen and oxygen atoms in total. The molecular weight excluding hydrogens is 519 g/mol. The molecule has 0 spiro atoms. The van der Waals surface area contributed by atoms with Gasteiger partial charge in [-0.25, -0.2) is 14.2 Å². The smallest absolute Gasteiger partial charge is 0.339 e. The van der Waals surface area contributed by atoms with Crippen molar-refractivity contribution >= 4 is 29.2 Å². The fourth-order valence-corrected chi connectivity index (χ4v) is 5.60. The molecule has 2 aromatic carbocycles. The van der Waals surface area contributed by atoms with Crippen molar-refractivity contribution < 1.29 is 23.4 Å². The molecule has 214 valence electrons. The molecule has 1 aliphatic rings. The van der Waals surface area contributed by atoms with Crippen molar-refractivity contribution in [2.24, 2.45) is 7.05 Å². The summed E-state index contributed by atoms with van der Waals surface area (Å²) in [5.74, 6) is -0.638. The van der Waals surface area contributed by atoms with E-state index in [9.17, 15) is 4.79 Å². The van der Waals surface area contributed by atoms with E-state index in [0.29, 0.717) is 41.2 Å². The van der Waals surface area contributed by atoms with E-state index in [1.807, 2.05) is 94.8 Å². The molecule has 0 radical (unpaired) electrons. The van der Waals surface area contributed by atoms with Crippen LogP contribution in [0.5, 0.6) is 5.75 Å². The maximum absolute atomic E-state index is 15.6. The highest BCUT2D eigenvalue weighted by molar-refractivity contribution is 6.00. The van der Waals surface area contributed by atoms with Crippen LogP contribution in [0.1, 0.15) is 66.9 Å². The molecule has 0 saturated carbocycles. The van der Waals surface area contributed by atoms with Crippen LogP contribution in [0.4, 0.5) is 4.39 Å². The number of carbonyl (C=O) groups excluding carboxylic acids is 1. The Morgan fingerprint density at radius 2 is 1.88 bits per heavy atom. The van der Waals surface area contributed by atoms with Crippen LogP contribution in [0.2, 0.25) is 0 Å². The van der Waals surface area contributed by atoms with Crippen molar-refractivity contribution in [1.82, 2.24) is 9.55 Å². The number of fused-ring (bicyclic) bond motifs is 2. The van der Waals surface area contributed by atoms with Crippen LogP contribution in [0.15, 0.2) is 42.5 Å². The number of aryl methyl sites for hydroxylation is 2. The van der Waals surface area contributed by atoms with Gasteiger partial charge in [-0.1, -0.05) is 36.4 Å². The van der Waals surface area contributed by atoms with E-state index in [-0.39, 0.29) is 0 Å². The lowest BCUT2D eigenvalue weighted by molar-refractivity contribution is -0.164. The first kappa shape index (κ1) is 28.6. The zero-order valence-corrected chi connectivity index (χ0v) is 24.8. The molecule has 1 aliphatic heterocycles. The first-order valence-corrected chi connectivity index (χ1v) is 13.9. The van der Waals surface area contributed by atoms with Gasteiger partial charge in [0.05, 0.1) is 19.3 Å². The monoisotopic (exact) mass is 556 g/mol. The van der Waals surface area contributed by atoms with Gasteiger partial charge in [0.2, 0.25) is 0 Å². The number of ether oxygens (including phenoxy) is 3. The van der Waals surface area contributed by atoms with Crippen molar-refractivity contribution in [3.8, 4) is 16.9 Å². The number of hydrogen-bond acceptors (Lipinski definition) is 5. The molecule has 0 bridgehead atoms. The molecule has 0 amide bonds. The number of halogens is 1. The first-order valence-electron chi connectivity index (χ1n) is 13.9. The SMILES string of the molecule is COC(=O)[C@@H](OC(C)(C)C)c1c(C)nc2c(cc(C=Cc3ccccc3)n2C)c1-c1cc(F)c2c(c1C)CCCO2. The second-order valence-electron chi connectivity index (χ2n) is 11.5. The van der Waals surface area contributed by atoms with Gasteiger partial charge >= 0.3 is 5.97 Å². The lowest BCUT2D eigenvalue weighted by Gasteiger charge is -2.29. The maximum atomic E-state index is 15.6. The van der Waals surface area contributed by atoms with Crippen LogP contribution < -0.4 is 4.74 Å². The van der Waals surface area contributed by atoms with Gasteiger partial charge in [0.1, 0.15) is 5.65 Å². The number of pyridine rings is 1. The molecule has 3 heterocycles. The Balaban J connectivity index is 1.84. The van der Waals surface area contributed by atoms with Gasteiger partial charge in [0, 0.05) is 40.5 Å². The zero-order valence-electron chi connectivity index (χ0n) is 24.8. The Bertz CT molecular complexity index is 1650. The Kier molecular flexibility index (Phi) is 7.75. The highest BCUT2D eigenvalue weighted by atomic mass is 19.1. The van der Waals surface area contributed by atoms with Crippen molar-refractivity contribution in [1.29, 1.82) is 0 Å². The number of nitrogens with zero attached hydrogens (tertiary/aromatic N) is 2. The van der Waals surface area contributed by atoms with Crippen molar-refractivity contribution in [2.75, 3.05) is 13.7 Å². The van der Waals surface area contributed by atoms with Gasteiger partial charge in [0.25, 0.3) is 0 Å². The highest BCUT2D eigenvalue weighted by Crippen LogP contribution is 2.45. The van der Waals surface area contributed by atoms with Crippen LogP contribution in [-0.2, 0) is 27.7 Å². The van der Waals surface area contributed by atoms with E-state index in [1.165, 1.54) is 13.2 Å². The molecule has 0 saturated heterocycles. The van der Waals surface area contributed by atoms with Gasteiger partial charge in [-0.05, 0) is 82.4 Å². The molecule has 4 aromatic rings. The van der Waals surface area contributed by atoms with Crippen LogP contribution in [-0.4, -0.2) is 34.8 Å². The predicted molar refractivity (Wildman–Crippen MR) is 160 cm³/mol. The topological polar surface area (TPSA) is 62.6 Å². The molecule has 0 unspecified atom stereocenters. The normalized spacial score (nSPS) is 14.2. The molecule has 0 N–H and O–H groups in total. The summed E-state index contributed by atoms with van der Waals surface area (Å²) < 4.78 is 35.0. The van der Waals surface area contributed by atoms with Crippen molar-refractivity contribution in [3.63, 3.8) is 0 Å². The Hall–Kier alpha value is -3.97. The molecule has 0 fully saturated rings. The summed E-state index contributed by atoms with van der Waals surface area (Å²) in [7, 11) is 3.30. The number of methoxy groups -OCH3 is 1. The van der Waals surface area contributed by atoms with E-state index in [1.54, 1.807) is 0 Å². The number of hydrogen-bond donors (Lipinski definition) is 0. The average molecular weight is 557 g/mol. The summed E-state index contributed by atoms with van der Waals surface area (Å²) in [6.07, 6.45) is 4.54. The van der Waals surface area contributed by atoms with Gasteiger partial charge < -0.3 is 18.8 Å². The van der Waals surface area contributed by atoms with E-state index >= 15 is 4.39 Å². The minimum absolute atomic E-state index is 0.316. The Morgan fingerprint density at radius 1 is 1.15 bits per heavy atom. The minimum Gasteiger partial charge on any atom is -0.490 e. The predicted octanol–water partition coefficient (Wildman–Crippen LogP) is 7.52. The van der Waals surface area contributed by atoms with Gasteiger partial charge in [-0.2, -0.15) is 0 Å². The van der Waals surface area contributed by atoms with E-state index in [2.05, 4.69) is 0 Å². The summed E-state index contributed by atoms with van der Waals surface area (Å²) >= 11 is 0. The van der Waals surface area contributed by atoms with E-state index in [4.69, 9.17) is 19.2 Å². The van der Waals surface area contributed by atoms with Crippen LogP contribution >= 0.6 is 0 Å². The number of benzene rings is 2. The summed E-state index contributed by atoms with van der Waals surface area (Å²) in [5, 5.41) is 0.798. The molecule has 2 aromatic heterocycles. The van der Waals surface area contributed by atoms with E-state index in [0.717, 1.165) is 39.8 Å². The second kappa shape index (κ2) is 11.1. The summed E-state index contributed by atoms with van der Waals surface area (Å²) in [6, 6.07) is 13.6. The standard InChI is InChI=1S/C34H37FN2O4/c1-20-24-14-11-17-40-30(24)27(35)19-25(20)29-26-18-23(16-15-22-12-9-8-10-13-22)37(6)32(26)36-21(2)28(29)31(33(38)39-7)41-34(3,4)5/h8-10,12-13,15-16,18-19,31H,11,14,17H2,1-7H3/t31-/m0/s1. The third-order valence-corrected chi connectivity index (χ3v) is 7.54. The molecule has 0 aliphatic carbocycles. The van der Waals surface area contributed by atoms with Crippen molar-refractivity contribution in [3.05, 3.63) is 81.9 Å². The largest absolute Gasteiger partial charge is 0.490 e. The summed E-state index contributed by atoms with van der Waals surface area (Å²) in [5.41, 5.74) is 6.40. The van der Waals surface area contributed by atoms with Gasteiger partial charge in [-0.15, -0.1) is 0 Å². The fraction of sp³-hybridized carbons (Fsp3) is 0.353. The van der Waals surface area contributed by atoms with Gasteiger partial charge in [-0.3, -0.25) is 0 Å². The van der Waals surface area contributed by atoms with Gasteiger partial charge in [0.15, 0.2) is 17.7 Å². The minimum atomic E-state index is -1.06. The summed E-state index contributed by atoms with van der Waals surface area (Å²) in [4.78, 5) is 18.3. The Labute approximate surface area is 240 Å².